The molecule has 2 N–H and O–H groups in total. The zero-order valence-corrected chi connectivity index (χ0v) is 17.8. The van der Waals surface area contributed by atoms with Crippen LogP contribution in [0.2, 0.25) is 0 Å². The van der Waals surface area contributed by atoms with Gasteiger partial charge in [0, 0.05) is 39.1 Å². The number of hydrogen-bond acceptors (Lipinski definition) is 6. The lowest BCUT2D eigenvalue weighted by atomic mass is 10.1. The second kappa shape index (κ2) is 8.19. The Labute approximate surface area is 171 Å². The Bertz CT molecular complexity index is 884. The van der Waals surface area contributed by atoms with Gasteiger partial charge in [0.25, 0.3) is 5.91 Å². The Balaban J connectivity index is 1.66. The summed E-state index contributed by atoms with van der Waals surface area (Å²) in [7, 11) is -3.97. The molecule has 2 amide bonds. The number of nitrogens with zero attached hydrogens (tertiary/aromatic N) is 3. The van der Waals surface area contributed by atoms with Crippen LogP contribution in [0.25, 0.3) is 0 Å². The summed E-state index contributed by atoms with van der Waals surface area (Å²) in [6.45, 7) is 8.85. The molecule has 2 aliphatic rings. The number of aryl methyl sites for hydroxylation is 1. The molecule has 2 saturated heterocycles. The second-order valence-corrected chi connectivity index (χ2v) is 9.67. The fourth-order valence-corrected chi connectivity index (χ4v) is 5.02. The quantitative estimate of drug-likeness (QED) is 0.715. The summed E-state index contributed by atoms with van der Waals surface area (Å²) in [6.07, 6.45) is 0.561. The summed E-state index contributed by atoms with van der Waals surface area (Å²) in [6, 6.07) is 3.36. The van der Waals surface area contributed by atoms with E-state index in [1.54, 1.807) is 6.92 Å². The number of hydrogen-bond donors (Lipinski definition) is 2. The molecule has 0 atom stereocenters. The van der Waals surface area contributed by atoms with E-state index in [1.165, 1.54) is 6.07 Å². The van der Waals surface area contributed by atoms with Crippen LogP contribution in [0.3, 0.4) is 0 Å². The number of rotatable bonds is 5. The lowest BCUT2D eigenvalue weighted by Crippen LogP contribution is -2.48. The molecular weight excluding hydrogens is 396 g/mol. The van der Waals surface area contributed by atoms with Crippen molar-refractivity contribution in [3.63, 3.8) is 0 Å². The van der Waals surface area contributed by atoms with Gasteiger partial charge in [-0.25, -0.2) is 9.03 Å². The Morgan fingerprint density at radius 3 is 2.38 bits per heavy atom. The molecule has 160 valence electrons. The van der Waals surface area contributed by atoms with Crippen molar-refractivity contribution in [3.05, 3.63) is 23.3 Å². The highest BCUT2D eigenvalue weighted by atomic mass is 32.2. The van der Waals surface area contributed by atoms with Gasteiger partial charge in [0.15, 0.2) is 0 Å². The van der Waals surface area contributed by atoms with Crippen molar-refractivity contribution in [1.29, 1.82) is 0 Å². The third kappa shape index (κ3) is 4.81. The number of phenols is 1. The Kier molecular flexibility index (Phi) is 6.04. The molecule has 0 saturated carbocycles. The predicted octanol–water partition coefficient (Wildman–Crippen LogP) is 0.572. The van der Waals surface area contributed by atoms with Crippen molar-refractivity contribution in [2.24, 2.45) is 5.92 Å². The standard InChI is InChI=1S/C19H28N4O5S/c1-13(2)8-18(26)22-6-4-21(5-7-22)11-15-9-14(3)19(16(24)10-15)23-12-17(25)20-29(23,27)28/h9-10,13,24H,4-8,11-12H2,1-3H3,(H,20,25). The number of nitrogens with one attached hydrogen (secondary N) is 1. The molecular formula is C19H28N4O5S. The van der Waals surface area contributed by atoms with Crippen molar-refractivity contribution in [2.75, 3.05) is 37.0 Å². The lowest BCUT2D eigenvalue weighted by Gasteiger charge is -2.35. The average Bonchev–Trinajstić information content (AvgIpc) is 2.86. The van der Waals surface area contributed by atoms with Gasteiger partial charge in [0.2, 0.25) is 5.91 Å². The van der Waals surface area contributed by atoms with Gasteiger partial charge < -0.3 is 10.0 Å². The molecule has 2 fully saturated rings. The van der Waals surface area contributed by atoms with Crippen molar-refractivity contribution >= 4 is 27.7 Å². The normalized spacial score (nSPS) is 19.7. The maximum atomic E-state index is 12.2. The topological polar surface area (TPSA) is 110 Å². The van der Waals surface area contributed by atoms with Gasteiger partial charge in [-0.1, -0.05) is 19.9 Å². The van der Waals surface area contributed by atoms with Gasteiger partial charge in [0.05, 0.1) is 5.69 Å². The molecule has 1 aromatic carbocycles. The Hall–Kier alpha value is -2.33. The molecule has 10 heteroatoms. The van der Waals surface area contributed by atoms with Crippen LogP contribution in [0, 0.1) is 12.8 Å². The van der Waals surface area contributed by atoms with Crippen LogP contribution in [0.5, 0.6) is 5.75 Å². The molecule has 1 aromatic rings. The number of anilines is 1. The monoisotopic (exact) mass is 424 g/mol. The van der Waals surface area contributed by atoms with Crippen LogP contribution < -0.4 is 9.03 Å². The number of piperazine rings is 1. The van der Waals surface area contributed by atoms with Gasteiger partial charge in [-0.15, -0.1) is 0 Å². The van der Waals surface area contributed by atoms with Crippen LogP contribution in [0.15, 0.2) is 12.1 Å². The van der Waals surface area contributed by atoms with Gasteiger partial charge in [-0.2, -0.15) is 8.42 Å². The molecule has 0 unspecified atom stereocenters. The smallest absolute Gasteiger partial charge is 0.326 e. The van der Waals surface area contributed by atoms with Crippen molar-refractivity contribution in [1.82, 2.24) is 14.5 Å². The number of carbonyl (C=O) groups excluding carboxylic acids is 2. The van der Waals surface area contributed by atoms with E-state index in [0.29, 0.717) is 37.5 Å². The minimum atomic E-state index is -3.97. The maximum Gasteiger partial charge on any atom is 0.326 e. The SMILES string of the molecule is Cc1cc(CN2CCN(C(=O)CC(C)C)CC2)cc(O)c1N1CC(=O)NS1(=O)=O. The van der Waals surface area contributed by atoms with E-state index in [2.05, 4.69) is 4.90 Å². The van der Waals surface area contributed by atoms with E-state index in [-0.39, 0.29) is 23.9 Å². The Morgan fingerprint density at radius 2 is 1.86 bits per heavy atom. The summed E-state index contributed by atoms with van der Waals surface area (Å²) in [5.41, 5.74) is 1.55. The third-order valence-electron chi connectivity index (χ3n) is 5.12. The molecule has 29 heavy (non-hydrogen) atoms. The summed E-state index contributed by atoms with van der Waals surface area (Å²) >= 11 is 0. The number of benzene rings is 1. The van der Waals surface area contributed by atoms with E-state index in [0.717, 1.165) is 23.0 Å². The number of phenolic OH excluding ortho intramolecular Hbond substituents is 1. The fourth-order valence-electron chi connectivity index (χ4n) is 3.79. The van der Waals surface area contributed by atoms with Crippen LogP contribution >= 0.6 is 0 Å². The third-order valence-corrected chi connectivity index (χ3v) is 6.50. The molecule has 0 aliphatic carbocycles. The highest BCUT2D eigenvalue weighted by Gasteiger charge is 2.36. The largest absolute Gasteiger partial charge is 0.506 e. The highest BCUT2D eigenvalue weighted by Crippen LogP contribution is 2.35. The molecule has 0 spiro atoms. The molecule has 0 aromatic heterocycles. The molecule has 2 aliphatic heterocycles. The number of carbonyl (C=O) groups is 2. The first-order valence-electron chi connectivity index (χ1n) is 9.72. The molecule has 0 radical (unpaired) electrons. The fraction of sp³-hybridized carbons (Fsp3) is 0.579. The van der Waals surface area contributed by atoms with Crippen molar-refractivity contribution in [2.45, 2.75) is 33.7 Å². The molecule has 2 heterocycles. The zero-order valence-electron chi connectivity index (χ0n) is 17.0. The van der Waals surface area contributed by atoms with Gasteiger partial charge in [-0.3, -0.25) is 14.5 Å². The van der Waals surface area contributed by atoms with E-state index in [4.69, 9.17) is 0 Å². The van der Waals surface area contributed by atoms with E-state index in [1.807, 2.05) is 29.5 Å². The highest BCUT2D eigenvalue weighted by molar-refractivity contribution is 7.92. The minimum absolute atomic E-state index is 0.121. The summed E-state index contributed by atoms with van der Waals surface area (Å²) in [5, 5.41) is 10.5. The van der Waals surface area contributed by atoms with Crippen LogP contribution in [-0.4, -0.2) is 67.9 Å². The first kappa shape index (κ1) is 21.4. The number of aromatic hydroxyl groups is 1. The van der Waals surface area contributed by atoms with E-state index >= 15 is 0 Å². The van der Waals surface area contributed by atoms with Crippen molar-refractivity contribution < 1.29 is 23.1 Å². The van der Waals surface area contributed by atoms with Gasteiger partial charge in [-0.05, 0) is 30.0 Å². The first-order chi connectivity index (χ1) is 13.6. The number of amides is 2. The molecule has 9 nitrogen and oxygen atoms in total. The summed E-state index contributed by atoms with van der Waals surface area (Å²) < 4.78 is 26.9. The van der Waals surface area contributed by atoms with E-state index in [9.17, 15) is 23.1 Å². The van der Waals surface area contributed by atoms with E-state index < -0.39 is 16.1 Å². The van der Waals surface area contributed by atoms with Crippen LogP contribution in [0.1, 0.15) is 31.4 Å². The first-order valence-corrected chi connectivity index (χ1v) is 11.2. The van der Waals surface area contributed by atoms with Gasteiger partial charge >= 0.3 is 10.2 Å². The van der Waals surface area contributed by atoms with Crippen LogP contribution in [0.4, 0.5) is 5.69 Å². The molecule has 3 rings (SSSR count). The minimum Gasteiger partial charge on any atom is -0.506 e. The second-order valence-electron chi connectivity index (χ2n) is 8.07. The summed E-state index contributed by atoms with van der Waals surface area (Å²) in [4.78, 5) is 27.8. The van der Waals surface area contributed by atoms with Crippen LogP contribution in [-0.2, 0) is 26.3 Å². The zero-order chi connectivity index (χ0) is 21.3. The maximum absolute atomic E-state index is 12.2. The van der Waals surface area contributed by atoms with Gasteiger partial charge in [0.1, 0.15) is 12.3 Å². The summed E-state index contributed by atoms with van der Waals surface area (Å²) in [5.74, 6) is -0.272. The predicted molar refractivity (Wildman–Crippen MR) is 109 cm³/mol. The Morgan fingerprint density at radius 1 is 1.21 bits per heavy atom. The average molecular weight is 425 g/mol. The lowest BCUT2D eigenvalue weighted by molar-refractivity contribution is -0.133. The molecule has 0 bridgehead atoms. The van der Waals surface area contributed by atoms with Crippen molar-refractivity contribution in [3.8, 4) is 5.75 Å².